The van der Waals surface area contributed by atoms with Gasteiger partial charge in [-0.15, -0.1) is 0 Å². The SMILES string of the molecule is O=C(Nc1cc(F)ccc1[N+](=O)[O-])c1ccc(O)cc1. The third-order valence-corrected chi connectivity index (χ3v) is 2.53. The van der Waals surface area contributed by atoms with Gasteiger partial charge in [-0.3, -0.25) is 14.9 Å². The van der Waals surface area contributed by atoms with Gasteiger partial charge in [0, 0.05) is 17.7 Å². The van der Waals surface area contributed by atoms with Gasteiger partial charge < -0.3 is 10.4 Å². The number of halogens is 1. The molecule has 6 nitrogen and oxygen atoms in total. The number of aromatic hydroxyl groups is 1. The van der Waals surface area contributed by atoms with Crippen molar-refractivity contribution >= 4 is 17.3 Å². The lowest BCUT2D eigenvalue weighted by atomic mass is 10.2. The molecule has 0 spiro atoms. The molecule has 0 aliphatic rings. The first kappa shape index (κ1) is 13.5. The summed E-state index contributed by atoms with van der Waals surface area (Å²) >= 11 is 0. The van der Waals surface area contributed by atoms with E-state index in [0.717, 1.165) is 18.2 Å². The summed E-state index contributed by atoms with van der Waals surface area (Å²) in [7, 11) is 0. The molecule has 0 aliphatic heterocycles. The third kappa shape index (κ3) is 2.89. The zero-order chi connectivity index (χ0) is 14.7. The molecule has 0 aromatic heterocycles. The van der Waals surface area contributed by atoms with Gasteiger partial charge in [-0.05, 0) is 30.3 Å². The number of amides is 1. The fraction of sp³-hybridized carbons (Fsp3) is 0. The fourth-order valence-corrected chi connectivity index (χ4v) is 1.57. The molecule has 2 N–H and O–H groups in total. The number of nitrogens with zero attached hydrogens (tertiary/aromatic N) is 1. The molecule has 20 heavy (non-hydrogen) atoms. The van der Waals surface area contributed by atoms with Crippen molar-refractivity contribution in [2.75, 3.05) is 5.32 Å². The number of nitro groups is 1. The number of nitro benzene ring substituents is 1. The number of hydrogen-bond acceptors (Lipinski definition) is 4. The predicted octanol–water partition coefficient (Wildman–Crippen LogP) is 2.69. The zero-order valence-corrected chi connectivity index (χ0v) is 10.0. The Labute approximate surface area is 112 Å². The average molecular weight is 276 g/mol. The van der Waals surface area contributed by atoms with E-state index in [1.165, 1.54) is 24.3 Å². The zero-order valence-electron chi connectivity index (χ0n) is 10.0. The second-order valence-corrected chi connectivity index (χ2v) is 3.92. The van der Waals surface area contributed by atoms with E-state index in [-0.39, 0.29) is 17.0 Å². The summed E-state index contributed by atoms with van der Waals surface area (Å²) in [6, 6.07) is 8.07. The molecule has 0 saturated carbocycles. The largest absolute Gasteiger partial charge is 0.508 e. The Kier molecular flexibility index (Phi) is 3.60. The minimum atomic E-state index is -0.716. The Morgan fingerprint density at radius 3 is 2.45 bits per heavy atom. The van der Waals surface area contributed by atoms with Gasteiger partial charge >= 0.3 is 0 Å². The second kappa shape index (κ2) is 5.35. The van der Waals surface area contributed by atoms with Crippen molar-refractivity contribution < 1.29 is 19.2 Å². The molecule has 1 amide bonds. The molecule has 0 radical (unpaired) electrons. The maximum absolute atomic E-state index is 13.1. The van der Waals surface area contributed by atoms with Crippen LogP contribution in [0.15, 0.2) is 42.5 Å². The quantitative estimate of drug-likeness (QED) is 0.665. The fourth-order valence-electron chi connectivity index (χ4n) is 1.57. The van der Waals surface area contributed by atoms with Crippen molar-refractivity contribution in [2.45, 2.75) is 0 Å². The van der Waals surface area contributed by atoms with E-state index in [2.05, 4.69) is 5.32 Å². The molecular weight excluding hydrogens is 267 g/mol. The molecule has 0 heterocycles. The topological polar surface area (TPSA) is 92.5 Å². The number of benzene rings is 2. The van der Waals surface area contributed by atoms with Crippen molar-refractivity contribution in [2.24, 2.45) is 0 Å². The monoisotopic (exact) mass is 276 g/mol. The molecule has 7 heteroatoms. The van der Waals surface area contributed by atoms with E-state index < -0.39 is 22.3 Å². The molecule has 102 valence electrons. The van der Waals surface area contributed by atoms with Gasteiger partial charge in [0.15, 0.2) is 0 Å². The molecule has 0 atom stereocenters. The van der Waals surface area contributed by atoms with Gasteiger partial charge in [-0.25, -0.2) is 4.39 Å². The molecule has 0 saturated heterocycles. The molecule has 2 aromatic carbocycles. The maximum Gasteiger partial charge on any atom is 0.292 e. The van der Waals surface area contributed by atoms with Crippen molar-refractivity contribution in [3.05, 3.63) is 64.0 Å². The van der Waals surface area contributed by atoms with Crippen LogP contribution in [-0.4, -0.2) is 15.9 Å². The standard InChI is InChI=1S/C13H9FN2O4/c14-9-3-6-12(16(19)20)11(7-9)15-13(18)8-1-4-10(17)5-2-8/h1-7,17H,(H,15,18). The second-order valence-electron chi connectivity index (χ2n) is 3.92. The third-order valence-electron chi connectivity index (χ3n) is 2.53. The lowest BCUT2D eigenvalue weighted by Crippen LogP contribution is -2.13. The number of hydrogen-bond donors (Lipinski definition) is 2. The number of rotatable bonds is 3. The highest BCUT2D eigenvalue weighted by Gasteiger charge is 2.17. The first-order chi connectivity index (χ1) is 9.47. The summed E-state index contributed by atoms with van der Waals surface area (Å²) in [4.78, 5) is 22.0. The summed E-state index contributed by atoms with van der Waals surface area (Å²) in [5, 5.41) is 22.2. The minimum Gasteiger partial charge on any atom is -0.508 e. The molecule has 0 aliphatic carbocycles. The van der Waals surface area contributed by atoms with E-state index >= 15 is 0 Å². The van der Waals surface area contributed by atoms with E-state index in [1.807, 2.05) is 0 Å². The maximum atomic E-state index is 13.1. The van der Waals surface area contributed by atoms with Crippen LogP contribution in [0, 0.1) is 15.9 Å². The van der Waals surface area contributed by atoms with Crippen LogP contribution in [0.5, 0.6) is 5.75 Å². The van der Waals surface area contributed by atoms with Crippen molar-refractivity contribution in [3.63, 3.8) is 0 Å². The van der Waals surface area contributed by atoms with Gasteiger partial charge in [0.1, 0.15) is 17.3 Å². The van der Waals surface area contributed by atoms with E-state index in [0.29, 0.717) is 0 Å². The number of anilines is 1. The molecule has 0 unspecified atom stereocenters. The highest BCUT2D eigenvalue weighted by Crippen LogP contribution is 2.25. The van der Waals surface area contributed by atoms with E-state index in [4.69, 9.17) is 5.11 Å². The Hall–Kier alpha value is -2.96. The van der Waals surface area contributed by atoms with Gasteiger partial charge in [-0.1, -0.05) is 0 Å². The van der Waals surface area contributed by atoms with E-state index in [9.17, 15) is 19.3 Å². The van der Waals surface area contributed by atoms with Gasteiger partial charge in [-0.2, -0.15) is 0 Å². The Balaban J connectivity index is 2.29. The predicted molar refractivity (Wildman–Crippen MR) is 69.1 cm³/mol. The van der Waals surface area contributed by atoms with Crippen LogP contribution in [0.1, 0.15) is 10.4 Å². The summed E-state index contributed by atoms with van der Waals surface area (Å²) in [6.07, 6.45) is 0. The Morgan fingerprint density at radius 1 is 1.20 bits per heavy atom. The Morgan fingerprint density at radius 2 is 1.85 bits per heavy atom. The number of nitrogens with one attached hydrogen (secondary N) is 1. The van der Waals surface area contributed by atoms with Gasteiger partial charge in [0.2, 0.25) is 0 Å². The van der Waals surface area contributed by atoms with Crippen LogP contribution < -0.4 is 5.32 Å². The number of carbonyl (C=O) groups is 1. The number of carbonyl (C=O) groups excluding carboxylic acids is 1. The highest BCUT2D eigenvalue weighted by molar-refractivity contribution is 6.05. The van der Waals surface area contributed by atoms with Gasteiger partial charge in [0.05, 0.1) is 4.92 Å². The van der Waals surface area contributed by atoms with Crippen molar-refractivity contribution in [1.82, 2.24) is 0 Å². The summed E-state index contributed by atoms with van der Waals surface area (Å²) in [5.41, 5.74) is -0.451. The van der Waals surface area contributed by atoms with Crippen LogP contribution in [-0.2, 0) is 0 Å². The molecule has 2 aromatic rings. The van der Waals surface area contributed by atoms with Crippen LogP contribution in [0.4, 0.5) is 15.8 Å². The molecule has 0 fully saturated rings. The smallest absolute Gasteiger partial charge is 0.292 e. The number of phenolic OH excluding ortho intramolecular Hbond substituents is 1. The average Bonchev–Trinajstić information content (AvgIpc) is 2.39. The van der Waals surface area contributed by atoms with Crippen LogP contribution in [0.25, 0.3) is 0 Å². The summed E-state index contributed by atoms with van der Waals surface area (Å²) in [5.74, 6) is -1.35. The van der Waals surface area contributed by atoms with Crippen LogP contribution >= 0.6 is 0 Å². The molecular formula is C13H9FN2O4. The first-order valence-corrected chi connectivity index (χ1v) is 5.51. The Bertz CT molecular complexity index is 671. The summed E-state index contributed by atoms with van der Waals surface area (Å²) in [6.45, 7) is 0. The van der Waals surface area contributed by atoms with Crippen molar-refractivity contribution in [1.29, 1.82) is 0 Å². The molecule has 0 bridgehead atoms. The minimum absolute atomic E-state index is 0.0155. The summed E-state index contributed by atoms with van der Waals surface area (Å²) < 4.78 is 13.1. The first-order valence-electron chi connectivity index (χ1n) is 5.51. The van der Waals surface area contributed by atoms with Crippen molar-refractivity contribution in [3.8, 4) is 5.75 Å². The normalized spacial score (nSPS) is 10.1. The van der Waals surface area contributed by atoms with E-state index in [1.54, 1.807) is 0 Å². The highest BCUT2D eigenvalue weighted by atomic mass is 19.1. The van der Waals surface area contributed by atoms with Gasteiger partial charge in [0.25, 0.3) is 11.6 Å². The number of phenols is 1. The lowest BCUT2D eigenvalue weighted by molar-refractivity contribution is -0.384. The lowest BCUT2D eigenvalue weighted by Gasteiger charge is -2.06. The van der Waals surface area contributed by atoms with Crippen LogP contribution in [0.3, 0.4) is 0 Å². The molecule has 2 rings (SSSR count). The van der Waals surface area contributed by atoms with Crippen LogP contribution in [0.2, 0.25) is 0 Å².